The Morgan fingerprint density at radius 1 is 1.42 bits per heavy atom. The van der Waals surface area contributed by atoms with Crippen molar-refractivity contribution in [3.05, 3.63) is 24.3 Å². The Morgan fingerprint density at radius 2 is 2.17 bits per heavy atom. The molecule has 0 bridgehead atoms. The number of urea groups is 1. The second kappa shape index (κ2) is 7.53. The zero-order valence-corrected chi connectivity index (χ0v) is 13.8. The second-order valence-corrected chi connectivity index (χ2v) is 5.45. The number of hydrogen-bond acceptors (Lipinski definition) is 5. The number of anilines is 1. The molecule has 2 aromatic rings. The predicted octanol–water partition coefficient (Wildman–Crippen LogP) is 1.54. The monoisotopic (exact) mass is 332 g/mol. The molecular weight excluding hydrogens is 312 g/mol. The number of nitrogens with zero attached hydrogens (tertiary/aromatic N) is 5. The number of rotatable bonds is 6. The summed E-state index contributed by atoms with van der Waals surface area (Å²) < 4.78 is 1.65. The number of carboxylic acid groups (broad SMARTS) is 1. The first-order valence-corrected chi connectivity index (χ1v) is 7.54. The third-order valence-electron chi connectivity index (χ3n) is 3.52. The molecule has 2 amide bonds. The minimum Gasteiger partial charge on any atom is -0.481 e. The largest absolute Gasteiger partial charge is 0.481 e. The molecule has 1 aromatic heterocycles. The first-order chi connectivity index (χ1) is 11.4. The molecule has 1 unspecified atom stereocenters. The topological polar surface area (TPSA) is 113 Å². The summed E-state index contributed by atoms with van der Waals surface area (Å²) in [4.78, 5) is 24.4. The summed E-state index contributed by atoms with van der Waals surface area (Å²) in [5.74, 6) is -0.967. The summed E-state index contributed by atoms with van der Waals surface area (Å²) in [6.07, 6.45) is 0. The standard InChI is InChI=1S/C15H20N6O3/c1-4-21-13(17-18-19-21)11-6-5-7-12(8-11)16-15(24)20(3)9-10(2)14(22)23/h5-8,10H,4,9H2,1-3H3,(H,16,24)(H,22,23). The molecule has 2 N–H and O–H groups in total. The van der Waals surface area contributed by atoms with Gasteiger partial charge in [-0.3, -0.25) is 4.79 Å². The van der Waals surface area contributed by atoms with E-state index in [2.05, 4.69) is 20.8 Å². The summed E-state index contributed by atoms with van der Waals surface area (Å²) in [5, 5.41) is 23.2. The molecular formula is C15H20N6O3. The van der Waals surface area contributed by atoms with E-state index in [1.807, 2.05) is 13.0 Å². The van der Waals surface area contributed by atoms with E-state index in [1.165, 1.54) is 4.90 Å². The molecule has 0 aliphatic carbocycles. The first kappa shape index (κ1) is 17.4. The van der Waals surface area contributed by atoms with Gasteiger partial charge in [-0.1, -0.05) is 19.1 Å². The molecule has 0 aliphatic rings. The highest BCUT2D eigenvalue weighted by atomic mass is 16.4. The van der Waals surface area contributed by atoms with Crippen molar-refractivity contribution in [3.8, 4) is 11.4 Å². The average Bonchev–Trinajstić information content (AvgIpc) is 3.03. The number of benzene rings is 1. The minimum atomic E-state index is -0.942. The van der Waals surface area contributed by atoms with Gasteiger partial charge in [0.05, 0.1) is 5.92 Å². The van der Waals surface area contributed by atoms with Gasteiger partial charge < -0.3 is 15.3 Å². The molecule has 1 atom stereocenters. The van der Waals surface area contributed by atoms with Crippen LogP contribution in [0.15, 0.2) is 24.3 Å². The Labute approximate surface area is 139 Å². The van der Waals surface area contributed by atoms with Gasteiger partial charge in [-0.2, -0.15) is 0 Å². The van der Waals surface area contributed by atoms with Gasteiger partial charge in [-0.15, -0.1) is 5.10 Å². The highest BCUT2D eigenvalue weighted by Gasteiger charge is 2.17. The van der Waals surface area contributed by atoms with Gasteiger partial charge in [-0.05, 0) is 29.5 Å². The molecule has 24 heavy (non-hydrogen) atoms. The number of aliphatic carboxylic acids is 1. The van der Waals surface area contributed by atoms with Crippen LogP contribution in [0.1, 0.15) is 13.8 Å². The fourth-order valence-corrected chi connectivity index (χ4v) is 2.15. The van der Waals surface area contributed by atoms with Crippen molar-refractivity contribution < 1.29 is 14.7 Å². The summed E-state index contributed by atoms with van der Waals surface area (Å²) in [7, 11) is 1.55. The highest BCUT2D eigenvalue weighted by molar-refractivity contribution is 5.90. The highest BCUT2D eigenvalue weighted by Crippen LogP contribution is 2.20. The van der Waals surface area contributed by atoms with Crippen molar-refractivity contribution in [2.75, 3.05) is 18.9 Å². The van der Waals surface area contributed by atoms with Crippen molar-refractivity contribution in [2.24, 2.45) is 5.92 Å². The van der Waals surface area contributed by atoms with Crippen LogP contribution in [-0.4, -0.2) is 55.8 Å². The van der Waals surface area contributed by atoms with Crippen molar-refractivity contribution in [1.29, 1.82) is 0 Å². The summed E-state index contributed by atoms with van der Waals surface area (Å²) in [6.45, 7) is 4.24. The van der Waals surface area contributed by atoms with E-state index in [-0.39, 0.29) is 12.6 Å². The molecule has 0 saturated heterocycles. The number of nitrogens with one attached hydrogen (secondary N) is 1. The van der Waals surface area contributed by atoms with Gasteiger partial charge in [-0.25, -0.2) is 9.48 Å². The van der Waals surface area contributed by atoms with Crippen LogP contribution in [0.4, 0.5) is 10.5 Å². The van der Waals surface area contributed by atoms with Crippen molar-refractivity contribution >= 4 is 17.7 Å². The molecule has 0 radical (unpaired) electrons. The van der Waals surface area contributed by atoms with Crippen molar-refractivity contribution in [3.63, 3.8) is 0 Å². The number of aryl methyl sites for hydroxylation is 1. The molecule has 0 aliphatic heterocycles. The fraction of sp³-hybridized carbons (Fsp3) is 0.400. The molecule has 2 rings (SSSR count). The first-order valence-electron chi connectivity index (χ1n) is 7.54. The normalized spacial score (nSPS) is 11.8. The number of carbonyl (C=O) groups is 2. The quantitative estimate of drug-likeness (QED) is 0.829. The lowest BCUT2D eigenvalue weighted by Gasteiger charge is -2.20. The van der Waals surface area contributed by atoms with Gasteiger partial charge in [0, 0.05) is 31.4 Å². The number of carboxylic acids is 1. The number of aromatic nitrogens is 4. The van der Waals surface area contributed by atoms with E-state index in [0.717, 1.165) is 5.56 Å². The Hall–Kier alpha value is -2.97. The Balaban J connectivity index is 2.09. The molecule has 1 aromatic carbocycles. The summed E-state index contributed by atoms with van der Waals surface area (Å²) in [6, 6.07) is 6.78. The molecule has 9 heteroatoms. The van der Waals surface area contributed by atoms with E-state index < -0.39 is 11.9 Å². The molecule has 128 valence electrons. The lowest BCUT2D eigenvalue weighted by molar-refractivity contribution is -0.141. The maximum atomic E-state index is 12.2. The molecule has 0 fully saturated rings. The van der Waals surface area contributed by atoms with E-state index >= 15 is 0 Å². The molecule has 0 spiro atoms. The van der Waals surface area contributed by atoms with E-state index in [1.54, 1.807) is 36.9 Å². The van der Waals surface area contributed by atoms with Crippen LogP contribution in [0, 0.1) is 5.92 Å². The second-order valence-electron chi connectivity index (χ2n) is 5.45. The zero-order chi connectivity index (χ0) is 17.7. The van der Waals surface area contributed by atoms with Crippen LogP contribution in [0.25, 0.3) is 11.4 Å². The van der Waals surface area contributed by atoms with Gasteiger partial charge in [0.25, 0.3) is 0 Å². The zero-order valence-electron chi connectivity index (χ0n) is 13.8. The Morgan fingerprint density at radius 3 is 2.83 bits per heavy atom. The maximum Gasteiger partial charge on any atom is 0.321 e. The van der Waals surface area contributed by atoms with Gasteiger partial charge in [0.2, 0.25) is 0 Å². The number of amides is 2. The van der Waals surface area contributed by atoms with Crippen LogP contribution in [-0.2, 0) is 11.3 Å². The predicted molar refractivity (Wildman–Crippen MR) is 87.4 cm³/mol. The van der Waals surface area contributed by atoms with Crippen molar-refractivity contribution in [1.82, 2.24) is 25.1 Å². The Kier molecular flexibility index (Phi) is 5.46. The van der Waals surface area contributed by atoms with Crippen LogP contribution >= 0.6 is 0 Å². The fourth-order valence-electron chi connectivity index (χ4n) is 2.15. The van der Waals surface area contributed by atoms with Gasteiger partial charge >= 0.3 is 12.0 Å². The molecule has 0 saturated carbocycles. The summed E-state index contributed by atoms with van der Waals surface area (Å²) in [5.41, 5.74) is 1.36. The maximum absolute atomic E-state index is 12.2. The van der Waals surface area contributed by atoms with Crippen LogP contribution in [0.3, 0.4) is 0 Å². The number of tetrazole rings is 1. The van der Waals surface area contributed by atoms with Gasteiger partial charge in [0.15, 0.2) is 5.82 Å². The van der Waals surface area contributed by atoms with Crippen LogP contribution < -0.4 is 5.32 Å². The lowest BCUT2D eigenvalue weighted by Crippen LogP contribution is -2.36. The number of hydrogen-bond donors (Lipinski definition) is 2. The van der Waals surface area contributed by atoms with Crippen molar-refractivity contribution in [2.45, 2.75) is 20.4 Å². The van der Waals surface area contributed by atoms with Crippen LogP contribution in [0.2, 0.25) is 0 Å². The smallest absolute Gasteiger partial charge is 0.321 e. The molecule has 9 nitrogen and oxygen atoms in total. The lowest BCUT2D eigenvalue weighted by atomic mass is 10.2. The minimum absolute atomic E-state index is 0.120. The third-order valence-corrected chi connectivity index (χ3v) is 3.52. The molecule has 1 heterocycles. The summed E-state index contributed by atoms with van der Waals surface area (Å²) >= 11 is 0. The van der Waals surface area contributed by atoms with Gasteiger partial charge in [0.1, 0.15) is 0 Å². The SMILES string of the molecule is CCn1nnnc1-c1cccc(NC(=O)N(C)CC(C)C(=O)O)c1. The van der Waals surface area contributed by atoms with E-state index in [9.17, 15) is 9.59 Å². The van der Waals surface area contributed by atoms with Crippen LogP contribution in [0.5, 0.6) is 0 Å². The van der Waals surface area contributed by atoms with E-state index in [4.69, 9.17) is 5.11 Å². The Bertz CT molecular complexity index is 730. The average molecular weight is 332 g/mol. The number of carbonyl (C=O) groups excluding carboxylic acids is 1. The third kappa shape index (κ3) is 4.06. The van der Waals surface area contributed by atoms with E-state index in [0.29, 0.717) is 18.1 Å².